The van der Waals surface area contributed by atoms with E-state index in [4.69, 9.17) is 6.42 Å². The summed E-state index contributed by atoms with van der Waals surface area (Å²) in [5, 5.41) is 0. The highest BCUT2D eigenvalue weighted by Gasteiger charge is 2.10. The van der Waals surface area contributed by atoms with Crippen molar-refractivity contribution in [3.63, 3.8) is 0 Å². The quantitative estimate of drug-likeness (QED) is 0.316. The highest BCUT2D eigenvalue weighted by molar-refractivity contribution is 6.07. The summed E-state index contributed by atoms with van der Waals surface area (Å²) in [5.74, 6) is 2.31. The number of Topliss-reactive ketones (excluding diaryl/α,β-unsaturated/α-hetero) is 2. The van der Waals surface area contributed by atoms with Crippen LogP contribution in [0.15, 0.2) is 30.3 Å². The van der Waals surface area contributed by atoms with Gasteiger partial charge in [-0.05, 0) is 6.42 Å². The maximum Gasteiger partial charge on any atom is 0.170 e. The predicted octanol–water partition coefficient (Wildman–Crippen LogP) is 2.63. The van der Waals surface area contributed by atoms with E-state index < -0.39 is 0 Å². The van der Waals surface area contributed by atoms with Crippen molar-refractivity contribution in [3.05, 3.63) is 35.9 Å². The molecule has 0 aliphatic carbocycles. The number of ketones is 2. The van der Waals surface area contributed by atoms with E-state index >= 15 is 0 Å². The highest BCUT2D eigenvalue weighted by atomic mass is 16.1. The van der Waals surface area contributed by atoms with Gasteiger partial charge in [-0.15, -0.1) is 12.3 Å². The van der Waals surface area contributed by atoms with E-state index in [1.807, 2.05) is 6.07 Å². The molecule has 0 bridgehead atoms. The van der Waals surface area contributed by atoms with Crippen LogP contribution in [0.5, 0.6) is 0 Å². The maximum absolute atomic E-state index is 11.6. The molecular formula is C14H14O2. The number of carbonyl (C=O) groups excluding carboxylic acids is 2. The van der Waals surface area contributed by atoms with Crippen molar-refractivity contribution in [1.29, 1.82) is 0 Å². The van der Waals surface area contributed by atoms with Gasteiger partial charge in [0.25, 0.3) is 0 Å². The molecule has 16 heavy (non-hydrogen) atoms. The molecule has 0 unspecified atom stereocenters. The Hall–Kier alpha value is -1.88. The van der Waals surface area contributed by atoms with Crippen molar-refractivity contribution in [2.75, 3.05) is 0 Å². The third-order valence-electron chi connectivity index (χ3n) is 2.23. The lowest BCUT2D eigenvalue weighted by atomic mass is 10.0. The molecule has 0 N–H and O–H groups in total. The van der Waals surface area contributed by atoms with Crippen LogP contribution in [0.3, 0.4) is 0 Å². The molecule has 0 heterocycles. The van der Waals surface area contributed by atoms with Crippen LogP contribution < -0.4 is 0 Å². The van der Waals surface area contributed by atoms with E-state index in [0.717, 1.165) is 0 Å². The molecule has 0 saturated heterocycles. The molecule has 0 radical (unpaired) electrons. The molecular weight excluding hydrogens is 200 g/mol. The third-order valence-corrected chi connectivity index (χ3v) is 2.23. The Morgan fingerprint density at radius 2 is 1.88 bits per heavy atom. The van der Waals surface area contributed by atoms with Gasteiger partial charge in [0.05, 0.1) is 6.42 Å². The molecule has 0 aliphatic rings. The van der Waals surface area contributed by atoms with Crippen LogP contribution in [0, 0.1) is 12.3 Å². The summed E-state index contributed by atoms with van der Waals surface area (Å²) in [6, 6.07) is 8.85. The standard InChI is InChI=1S/C14H14O2/c1-2-3-5-10-13(15)11-14(16)12-8-6-4-7-9-12/h1,4,6-9H,3,5,10-11H2. The monoisotopic (exact) mass is 214 g/mol. The summed E-state index contributed by atoms with van der Waals surface area (Å²) in [5.41, 5.74) is 0.591. The summed E-state index contributed by atoms with van der Waals surface area (Å²) in [6.45, 7) is 0. The van der Waals surface area contributed by atoms with Crippen LogP contribution in [-0.2, 0) is 4.79 Å². The lowest BCUT2D eigenvalue weighted by Crippen LogP contribution is -2.07. The first-order valence-corrected chi connectivity index (χ1v) is 5.27. The Kier molecular flexibility index (Phi) is 5.01. The van der Waals surface area contributed by atoms with Gasteiger partial charge in [0.2, 0.25) is 0 Å². The summed E-state index contributed by atoms with van der Waals surface area (Å²) in [7, 11) is 0. The lowest BCUT2D eigenvalue weighted by molar-refractivity contribution is -0.118. The molecule has 0 aromatic heterocycles. The van der Waals surface area contributed by atoms with Crippen LogP contribution in [0.4, 0.5) is 0 Å². The van der Waals surface area contributed by atoms with Crippen LogP contribution in [-0.4, -0.2) is 11.6 Å². The average molecular weight is 214 g/mol. The van der Waals surface area contributed by atoms with Crippen molar-refractivity contribution in [1.82, 2.24) is 0 Å². The third kappa shape index (κ3) is 4.10. The van der Waals surface area contributed by atoms with E-state index in [9.17, 15) is 9.59 Å². The Morgan fingerprint density at radius 1 is 1.19 bits per heavy atom. The zero-order valence-corrected chi connectivity index (χ0v) is 9.11. The van der Waals surface area contributed by atoms with Crippen molar-refractivity contribution in [2.24, 2.45) is 0 Å². The number of hydrogen-bond donors (Lipinski definition) is 0. The van der Waals surface area contributed by atoms with Gasteiger partial charge in [0.15, 0.2) is 5.78 Å². The highest BCUT2D eigenvalue weighted by Crippen LogP contribution is 2.06. The average Bonchev–Trinajstić information content (AvgIpc) is 2.30. The van der Waals surface area contributed by atoms with Gasteiger partial charge in [-0.2, -0.15) is 0 Å². The van der Waals surface area contributed by atoms with Crippen molar-refractivity contribution in [3.8, 4) is 12.3 Å². The Labute approximate surface area is 95.7 Å². The van der Waals surface area contributed by atoms with Gasteiger partial charge in [0, 0.05) is 18.4 Å². The molecule has 0 fully saturated rings. The second-order valence-corrected chi connectivity index (χ2v) is 3.56. The fourth-order valence-electron chi connectivity index (χ4n) is 1.38. The molecule has 0 amide bonds. The molecule has 1 aromatic carbocycles. The van der Waals surface area contributed by atoms with Gasteiger partial charge < -0.3 is 0 Å². The van der Waals surface area contributed by atoms with Gasteiger partial charge in [0.1, 0.15) is 5.78 Å². The Morgan fingerprint density at radius 3 is 2.50 bits per heavy atom. The second-order valence-electron chi connectivity index (χ2n) is 3.56. The summed E-state index contributed by atoms with van der Waals surface area (Å²) >= 11 is 0. The largest absolute Gasteiger partial charge is 0.299 e. The normalized spacial score (nSPS) is 9.44. The SMILES string of the molecule is C#CCCCC(=O)CC(=O)c1ccccc1. The summed E-state index contributed by atoms with van der Waals surface area (Å²) < 4.78 is 0. The molecule has 1 aromatic rings. The minimum Gasteiger partial charge on any atom is -0.299 e. The Balaban J connectivity index is 2.41. The van der Waals surface area contributed by atoms with Crippen LogP contribution in [0.1, 0.15) is 36.0 Å². The zero-order chi connectivity index (χ0) is 11.8. The van der Waals surface area contributed by atoms with E-state index in [2.05, 4.69) is 5.92 Å². The maximum atomic E-state index is 11.6. The number of terminal acetylenes is 1. The minimum atomic E-state index is -0.119. The molecule has 0 aliphatic heterocycles. The van der Waals surface area contributed by atoms with Crippen LogP contribution in [0.25, 0.3) is 0 Å². The topological polar surface area (TPSA) is 34.1 Å². The predicted molar refractivity (Wildman–Crippen MR) is 63.1 cm³/mol. The first-order valence-electron chi connectivity index (χ1n) is 5.27. The van der Waals surface area contributed by atoms with E-state index in [0.29, 0.717) is 24.8 Å². The molecule has 0 saturated carbocycles. The van der Waals surface area contributed by atoms with Gasteiger partial charge in [-0.1, -0.05) is 30.3 Å². The molecule has 0 spiro atoms. The first-order chi connectivity index (χ1) is 7.74. The van der Waals surface area contributed by atoms with E-state index in [1.54, 1.807) is 24.3 Å². The summed E-state index contributed by atoms with van der Waals surface area (Å²) in [6.07, 6.45) is 6.70. The Bertz CT molecular complexity index is 398. The van der Waals surface area contributed by atoms with E-state index in [-0.39, 0.29) is 18.0 Å². The second kappa shape index (κ2) is 6.58. The number of hydrogen-bond acceptors (Lipinski definition) is 2. The van der Waals surface area contributed by atoms with Gasteiger partial charge in [-0.25, -0.2) is 0 Å². The number of unbranched alkanes of at least 4 members (excludes halogenated alkanes) is 1. The molecule has 82 valence electrons. The van der Waals surface area contributed by atoms with E-state index in [1.165, 1.54) is 0 Å². The molecule has 1 rings (SSSR count). The molecule has 0 atom stereocenters. The van der Waals surface area contributed by atoms with Crippen LogP contribution in [0.2, 0.25) is 0 Å². The first kappa shape index (κ1) is 12.2. The lowest BCUT2D eigenvalue weighted by Gasteiger charge is -1.99. The van der Waals surface area contributed by atoms with Crippen molar-refractivity contribution in [2.45, 2.75) is 25.7 Å². The fraction of sp³-hybridized carbons (Fsp3) is 0.286. The van der Waals surface area contributed by atoms with Crippen molar-refractivity contribution < 1.29 is 9.59 Å². The van der Waals surface area contributed by atoms with Gasteiger partial charge in [-0.3, -0.25) is 9.59 Å². The molecule has 2 nitrogen and oxygen atoms in total. The minimum absolute atomic E-state index is 0.0193. The summed E-state index contributed by atoms with van der Waals surface area (Å²) in [4.78, 5) is 23.0. The number of benzene rings is 1. The number of rotatable bonds is 6. The van der Waals surface area contributed by atoms with Gasteiger partial charge >= 0.3 is 0 Å². The smallest absolute Gasteiger partial charge is 0.170 e. The number of carbonyl (C=O) groups is 2. The van der Waals surface area contributed by atoms with Crippen LogP contribution >= 0.6 is 0 Å². The molecule has 2 heteroatoms. The zero-order valence-electron chi connectivity index (χ0n) is 9.11. The fourth-order valence-corrected chi connectivity index (χ4v) is 1.38. The van der Waals surface area contributed by atoms with Crippen molar-refractivity contribution >= 4 is 11.6 Å².